The molecule has 1 heterocycles. The van der Waals surface area contributed by atoms with Crippen LogP contribution in [0.2, 0.25) is 0 Å². The summed E-state index contributed by atoms with van der Waals surface area (Å²) in [4.78, 5) is 46.2. The largest absolute Gasteiger partial charge is 0.490 e. The van der Waals surface area contributed by atoms with Gasteiger partial charge in [-0.25, -0.2) is 4.79 Å². The van der Waals surface area contributed by atoms with E-state index in [1.54, 1.807) is 24.3 Å². The molecule has 0 spiro atoms. The van der Waals surface area contributed by atoms with Gasteiger partial charge in [0.2, 0.25) is 0 Å². The summed E-state index contributed by atoms with van der Waals surface area (Å²) in [6.07, 6.45) is 0.871. The van der Waals surface area contributed by atoms with Gasteiger partial charge in [-0.05, 0) is 24.3 Å². The van der Waals surface area contributed by atoms with Crippen LogP contribution in [0.15, 0.2) is 42.5 Å². The number of hydrogen-bond acceptors (Lipinski definition) is 8. The van der Waals surface area contributed by atoms with E-state index in [9.17, 15) is 29.8 Å². The molecule has 3 rings (SSSR count). The Bertz CT molecular complexity index is 982. The Morgan fingerprint density at radius 3 is 1.94 bits per heavy atom. The first-order chi connectivity index (χ1) is 14.8. The van der Waals surface area contributed by atoms with Gasteiger partial charge in [-0.1, -0.05) is 7.43 Å². The normalized spacial score (nSPS) is 13.6. The van der Waals surface area contributed by atoms with Crippen molar-refractivity contribution in [3.05, 3.63) is 73.8 Å². The molecule has 0 aromatic heterocycles. The van der Waals surface area contributed by atoms with E-state index in [1.807, 2.05) is 0 Å². The average Bonchev–Trinajstić information content (AvgIpc) is 2.78. The van der Waals surface area contributed by atoms with Crippen LogP contribution in [-0.2, 0) is 4.74 Å². The first-order valence-corrected chi connectivity index (χ1v) is 9.36. The standard InChI is InChI=1S/C20H19N3O8.CH4/c1-30-20(25)13-2-4-17(5-3-13)31-18-6-8-21(9-7-18)19(24)14-10-15(22(26)27)12-16(11-14)23(28)29;/h2-5,10-12,18H,6-9H2,1H3;1H4. The number of nitro benzene ring substituents is 2. The van der Waals surface area contributed by atoms with Crippen molar-refractivity contribution < 1.29 is 28.9 Å². The fourth-order valence-corrected chi connectivity index (χ4v) is 3.27. The second-order valence-corrected chi connectivity index (χ2v) is 6.88. The number of benzene rings is 2. The van der Waals surface area contributed by atoms with Gasteiger partial charge in [0.15, 0.2) is 0 Å². The van der Waals surface area contributed by atoms with E-state index in [0.29, 0.717) is 37.2 Å². The number of hydrogen-bond donors (Lipinski definition) is 0. The van der Waals surface area contributed by atoms with Gasteiger partial charge >= 0.3 is 5.97 Å². The van der Waals surface area contributed by atoms with Gasteiger partial charge in [0.1, 0.15) is 11.9 Å². The van der Waals surface area contributed by atoms with Gasteiger partial charge in [-0.3, -0.25) is 25.0 Å². The minimum atomic E-state index is -0.769. The molecule has 11 heteroatoms. The number of nitro groups is 2. The van der Waals surface area contributed by atoms with Gasteiger partial charge < -0.3 is 14.4 Å². The Hall–Kier alpha value is -4.02. The molecule has 0 N–H and O–H groups in total. The van der Waals surface area contributed by atoms with Crippen molar-refractivity contribution in [1.82, 2.24) is 4.90 Å². The van der Waals surface area contributed by atoms with Gasteiger partial charge in [0.25, 0.3) is 17.3 Å². The minimum Gasteiger partial charge on any atom is -0.490 e. The number of rotatable bonds is 6. The molecule has 0 aliphatic carbocycles. The number of esters is 1. The van der Waals surface area contributed by atoms with Gasteiger partial charge in [-0.2, -0.15) is 0 Å². The topological polar surface area (TPSA) is 142 Å². The maximum absolute atomic E-state index is 12.7. The minimum absolute atomic E-state index is 0. The number of piperidine rings is 1. The lowest BCUT2D eigenvalue weighted by molar-refractivity contribution is -0.394. The smallest absolute Gasteiger partial charge is 0.337 e. The van der Waals surface area contributed by atoms with E-state index >= 15 is 0 Å². The lowest BCUT2D eigenvalue weighted by Gasteiger charge is -2.32. The summed E-state index contributed by atoms with van der Waals surface area (Å²) in [5.41, 5.74) is -0.711. The van der Waals surface area contributed by atoms with Crippen molar-refractivity contribution in [3.63, 3.8) is 0 Å². The number of non-ortho nitro benzene ring substituents is 2. The molecule has 1 aliphatic rings. The first kappa shape index (κ1) is 24.3. The maximum atomic E-state index is 12.7. The third-order valence-corrected chi connectivity index (χ3v) is 4.88. The molecule has 0 bridgehead atoms. The van der Waals surface area contributed by atoms with E-state index in [-0.39, 0.29) is 19.1 Å². The number of methoxy groups -OCH3 is 1. The van der Waals surface area contributed by atoms with Crippen LogP contribution in [0.1, 0.15) is 41.0 Å². The number of likely N-dealkylation sites (tertiary alicyclic amines) is 1. The molecular weight excluding hydrogens is 422 g/mol. The molecule has 170 valence electrons. The molecule has 0 unspecified atom stereocenters. The highest BCUT2D eigenvalue weighted by Crippen LogP contribution is 2.25. The fraction of sp³-hybridized carbons (Fsp3) is 0.333. The fourth-order valence-electron chi connectivity index (χ4n) is 3.27. The summed E-state index contributed by atoms with van der Waals surface area (Å²) in [6, 6.07) is 9.41. The van der Waals surface area contributed by atoms with Crippen LogP contribution in [0.5, 0.6) is 5.75 Å². The van der Waals surface area contributed by atoms with E-state index in [1.165, 1.54) is 12.0 Å². The van der Waals surface area contributed by atoms with Crippen molar-refractivity contribution in [3.8, 4) is 5.75 Å². The number of ether oxygens (including phenoxy) is 2. The highest BCUT2D eigenvalue weighted by Gasteiger charge is 2.27. The second-order valence-electron chi connectivity index (χ2n) is 6.88. The lowest BCUT2D eigenvalue weighted by atomic mass is 10.1. The third-order valence-electron chi connectivity index (χ3n) is 4.88. The highest BCUT2D eigenvalue weighted by atomic mass is 16.6. The molecule has 0 saturated carbocycles. The Kier molecular flexibility index (Phi) is 7.83. The molecule has 32 heavy (non-hydrogen) atoms. The Labute approximate surface area is 183 Å². The molecule has 1 saturated heterocycles. The molecule has 1 fully saturated rings. The SMILES string of the molecule is C.COC(=O)c1ccc(OC2CCN(C(=O)c3cc([N+](=O)[O-])cc([N+](=O)[O-])c3)CC2)cc1. The molecule has 1 aliphatic heterocycles. The van der Waals surface area contributed by atoms with Crippen molar-refractivity contribution in [2.24, 2.45) is 0 Å². The van der Waals surface area contributed by atoms with Crippen molar-refractivity contribution in [2.45, 2.75) is 26.4 Å². The van der Waals surface area contributed by atoms with Gasteiger partial charge in [-0.15, -0.1) is 0 Å². The highest BCUT2D eigenvalue weighted by molar-refractivity contribution is 5.95. The molecule has 2 aromatic carbocycles. The van der Waals surface area contributed by atoms with Crippen molar-refractivity contribution in [1.29, 1.82) is 0 Å². The number of carbonyl (C=O) groups excluding carboxylic acids is 2. The second kappa shape index (κ2) is 10.3. The quantitative estimate of drug-likeness (QED) is 0.373. The zero-order chi connectivity index (χ0) is 22.5. The summed E-state index contributed by atoms with van der Waals surface area (Å²) < 4.78 is 10.5. The monoisotopic (exact) mass is 445 g/mol. The summed E-state index contributed by atoms with van der Waals surface area (Å²) in [6.45, 7) is 0.667. The van der Waals surface area contributed by atoms with Crippen LogP contribution < -0.4 is 4.74 Å². The van der Waals surface area contributed by atoms with Crippen molar-refractivity contribution >= 4 is 23.3 Å². The molecule has 0 radical (unpaired) electrons. The van der Waals surface area contributed by atoms with E-state index < -0.39 is 33.1 Å². The predicted octanol–water partition coefficient (Wildman–Crippen LogP) is 3.61. The van der Waals surface area contributed by atoms with E-state index in [0.717, 1.165) is 18.2 Å². The van der Waals surface area contributed by atoms with Gasteiger partial charge in [0.05, 0.1) is 34.1 Å². The zero-order valence-electron chi connectivity index (χ0n) is 16.6. The summed E-state index contributed by atoms with van der Waals surface area (Å²) in [5, 5.41) is 22.1. The Morgan fingerprint density at radius 1 is 0.938 bits per heavy atom. The van der Waals surface area contributed by atoms with E-state index in [2.05, 4.69) is 4.74 Å². The van der Waals surface area contributed by atoms with Crippen LogP contribution in [0.25, 0.3) is 0 Å². The summed E-state index contributed by atoms with van der Waals surface area (Å²) >= 11 is 0. The Balaban J connectivity index is 0.00000363. The Morgan fingerprint density at radius 2 is 1.47 bits per heavy atom. The van der Waals surface area contributed by atoms with Crippen LogP contribution in [0.3, 0.4) is 0 Å². The zero-order valence-corrected chi connectivity index (χ0v) is 16.6. The van der Waals surface area contributed by atoms with Crippen LogP contribution >= 0.6 is 0 Å². The first-order valence-electron chi connectivity index (χ1n) is 9.36. The molecule has 2 aromatic rings. The van der Waals surface area contributed by atoms with E-state index in [4.69, 9.17) is 4.74 Å². The number of amides is 1. The molecule has 0 atom stereocenters. The summed E-state index contributed by atoms with van der Waals surface area (Å²) in [5.74, 6) is -0.376. The predicted molar refractivity (Wildman–Crippen MR) is 114 cm³/mol. The van der Waals surface area contributed by atoms with Crippen LogP contribution in [-0.4, -0.2) is 52.9 Å². The lowest BCUT2D eigenvalue weighted by Crippen LogP contribution is -2.41. The summed E-state index contributed by atoms with van der Waals surface area (Å²) in [7, 11) is 1.30. The number of carbonyl (C=O) groups is 2. The van der Waals surface area contributed by atoms with Crippen molar-refractivity contribution in [2.75, 3.05) is 20.2 Å². The third kappa shape index (κ3) is 5.56. The van der Waals surface area contributed by atoms with Crippen LogP contribution in [0.4, 0.5) is 11.4 Å². The molecule has 1 amide bonds. The molecular formula is C21H23N3O8. The maximum Gasteiger partial charge on any atom is 0.337 e. The molecule has 11 nitrogen and oxygen atoms in total. The van der Waals surface area contributed by atoms with Gasteiger partial charge in [0, 0.05) is 38.1 Å². The average molecular weight is 445 g/mol. The number of nitrogens with zero attached hydrogens (tertiary/aromatic N) is 3. The van der Waals surface area contributed by atoms with Crippen LogP contribution in [0, 0.1) is 20.2 Å².